The topological polar surface area (TPSA) is 12.0 Å². The molecule has 0 aliphatic rings. The summed E-state index contributed by atoms with van der Waals surface area (Å²) in [7, 11) is 0. The van der Waals surface area contributed by atoms with Crippen LogP contribution in [-0.2, 0) is 0 Å². The van der Waals surface area contributed by atoms with E-state index in [-0.39, 0.29) is 6.04 Å². The summed E-state index contributed by atoms with van der Waals surface area (Å²) in [6.45, 7) is 4.37. The Hall–Kier alpha value is -0.830. The lowest BCUT2D eigenvalue weighted by Gasteiger charge is -2.23. The molecular formula is C17H19BrClN. The van der Waals surface area contributed by atoms with Gasteiger partial charge in [0.1, 0.15) is 0 Å². The minimum Gasteiger partial charge on any atom is -0.303 e. The molecule has 106 valence electrons. The van der Waals surface area contributed by atoms with Gasteiger partial charge >= 0.3 is 0 Å². The maximum absolute atomic E-state index is 6.06. The van der Waals surface area contributed by atoms with Gasteiger partial charge in [0.25, 0.3) is 0 Å². The van der Waals surface area contributed by atoms with Crippen molar-refractivity contribution >= 4 is 27.5 Å². The van der Waals surface area contributed by atoms with Crippen molar-refractivity contribution in [3.8, 4) is 0 Å². The zero-order valence-electron chi connectivity index (χ0n) is 11.7. The van der Waals surface area contributed by atoms with Crippen LogP contribution < -0.4 is 5.32 Å². The fourth-order valence-electron chi connectivity index (χ4n) is 2.35. The summed E-state index contributed by atoms with van der Waals surface area (Å²) in [4.78, 5) is 0. The highest BCUT2D eigenvalue weighted by molar-refractivity contribution is 9.10. The highest BCUT2D eigenvalue weighted by Gasteiger charge is 2.14. The third-order valence-corrected chi connectivity index (χ3v) is 4.19. The van der Waals surface area contributed by atoms with Crippen molar-refractivity contribution in [2.24, 2.45) is 0 Å². The summed E-state index contributed by atoms with van der Waals surface area (Å²) in [5.41, 5.74) is 2.52. The van der Waals surface area contributed by atoms with Gasteiger partial charge in [-0.25, -0.2) is 0 Å². The van der Waals surface area contributed by atoms with Gasteiger partial charge in [0.15, 0.2) is 0 Å². The number of hydrogen-bond acceptors (Lipinski definition) is 1. The highest BCUT2D eigenvalue weighted by atomic mass is 79.9. The van der Waals surface area contributed by atoms with Crippen LogP contribution in [0, 0.1) is 0 Å². The molecule has 0 saturated carbocycles. The molecule has 0 bridgehead atoms. The first-order valence-corrected chi connectivity index (χ1v) is 8.04. The van der Waals surface area contributed by atoms with Crippen LogP contribution in [0.3, 0.4) is 0 Å². The van der Waals surface area contributed by atoms with E-state index in [1.807, 2.05) is 18.2 Å². The molecule has 2 unspecified atom stereocenters. The van der Waals surface area contributed by atoms with Crippen molar-refractivity contribution in [2.45, 2.75) is 32.4 Å². The largest absolute Gasteiger partial charge is 0.303 e. The van der Waals surface area contributed by atoms with Gasteiger partial charge in [-0.05, 0) is 48.7 Å². The van der Waals surface area contributed by atoms with E-state index in [1.165, 1.54) is 11.1 Å². The molecule has 2 aromatic carbocycles. The predicted molar refractivity (Wildman–Crippen MR) is 90.2 cm³/mol. The van der Waals surface area contributed by atoms with Crippen LogP contribution >= 0.6 is 27.5 Å². The number of nitrogens with one attached hydrogen (secondary N) is 1. The molecule has 20 heavy (non-hydrogen) atoms. The Morgan fingerprint density at radius 1 is 1.10 bits per heavy atom. The fourth-order valence-corrected chi connectivity index (χ4v) is 2.96. The molecule has 0 spiro atoms. The quantitative estimate of drug-likeness (QED) is 0.706. The lowest BCUT2D eigenvalue weighted by molar-refractivity contribution is 0.456. The van der Waals surface area contributed by atoms with Crippen molar-refractivity contribution in [1.29, 1.82) is 0 Å². The lowest BCUT2D eigenvalue weighted by Crippen LogP contribution is -2.24. The van der Waals surface area contributed by atoms with E-state index in [0.29, 0.717) is 6.04 Å². The van der Waals surface area contributed by atoms with E-state index in [2.05, 4.69) is 65.4 Å². The molecule has 0 aromatic heterocycles. The fraction of sp³-hybridized carbons (Fsp3) is 0.294. The summed E-state index contributed by atoms with van der Waals surface area (Å²) in [5, 5.41) is 4.46. The van der Waals surface area contributed by atoms with E-state index in [0.717, 1.165) is 15.9 Å². The SMILES string of the molecule is CCC(NC(C)c1cccc(Cl)c1)c1cccc(Br)c1. The van der Waals surface area contributed by atoms with Crippen LogP contribution in [0.25, 0.3) is 0 Å². The minimum atomic E-state index is 0.262. The molecule has 2 atom stereocenters. The number of benzene rings is 2. The van der Waals surface area contributed by atoms with E-state index in [1.54, 1.807) is 0 Å². The van der Waals surface area contributed by atoms with Crippen molar-refractivity contribution < 1.29 is 0 Å². The van der Waals surface area contributed by atoms with Crippen LogP contribution in [0.5, 0.6) is 0 Å². The van der Waals surface area contributed by atoms with Gasteiger partial charge in [-0.3, -0.25) is 0 Å². The van der Waals surface area contributed by atoms with Crippen molar-refractivity contribution in [3.05, 3.63) is 69.2 Å². The summed E-state index contributed by atoms with van der Waals surface area (Å²) >= 11 is 9.60. The van der Waals surface area contributed by atoms with E-state index < -0.39 is 0 Å². The van der Waals surface area contributed by atoms with Gasteiger partial charge in [-0.15, -0.1) is 0 Å². The third-order valence-electron chi connectivity index (χ3n) is 3.46. The van der Waals surface area contributed by atoms with Crippen LogP contribution in [0.15, 0.2) is 53.0 Å². The Kier molecular flexibility index (Phi) is 5.64. The minimum absolute atomic E-state index is 0.262. The van der Waals surface area contributed by atoms with Gasteiger partial charge in [-0.2, -0.15) is 0 Å². The molecule has 3 heteroatoms. The van der Waals surface area contributed by atoms with Gasteiger partial charge < -0.3 is 5.32 Å². The maximum atomic E-state index is 6.06. The molecule has 0 aliphatic heterocycles. The van der Waals surface area contributed by atoms with Crippen LogP contribution in [0.2, 0.25) is 5.02 Å². The predicted octanol–water partition coefficient (Wildman–Crippen LogP) is 5.90. The second-order valence-electron chi connectivity index (χ2n) is 4.96. The third kappa shape index (κ3) is 4.08. The van der Waals surface area contributed by atoms with E-state index >= 15 is 0 Å². The number of halogens is 2. The van der Waals surface area contributed by atoms with Crippen LogP contribution in [0.4, 0.5) is 0 Å². The second-order valence-corrected chi connectivity index (χ2v) is 6.31. The monoisotopic (exact) mass is 351 g/mol. The Morgan fingerprint density at radius 3 is 2.45 bits per heavy atom. The first kappa shape index (κ1) is 15.6. The molecule has 0 amide bonds. The maximum Gasteiger partial charge on any atom is 0.0409 e. The Labute approximate surface area is 134 Å². The van der Waals surface area contributed by atoms with E-state index in [9.17, 15) is 0 Å². The molecule has 2 aromatic rings. The first-order valence-electron chi connectivity index (χ1n) is 6.87. The smallest absolute Gasteiger partial charge is 0.0409 e. The zero-order valence-corrected chi connectivity index (χ0v) is 14.1. The average molecular weight is 353 g/mol. The van der Waals surface area contributed by atoms with Gasteiger partial charge in [0.05, 0.1) is 0 Å². The van der Waals surface area contributed by atoms with Crippen LogP contribution in [0.1, 0.15) is 43.5 Å². The Morgan fingerprint density at radius 2 is 1.80 bits per heavy atom. The normalized spacial score (nSPS) is 14.0. The highest BCUT2D eigenvalue weighted by Crippen LogP contribution is 2.25. The molecule has 0 fully saturated rings. The van der Waals surface area contributed by atoms with Crippen molar-refractivity contribution in [1.82, 2.24) is 5.32 Å². The van der Waals surface area contributed by atoms with E-state index in [4.69, 9.17) is 11.6 Å². The molecular weight excluding hydrogens is 334 g/mol. The molecule has 0 radical (unpaired) electrons. The first-order chi connectivity index (χ1) is 9.60. The average Bonchev–Trinajstić information content (AvgIpc) is 2.44. The van der Waals surface area contributed by atoms with Crippen LogP contribution in [-0.4, -0.2) is 0 Å². The summed E-state index contributed by atoms with van der Waals surface area (Å²) in [5.74, 6) is 0. The van der Waals surface area contributed by atoms with Gasteiger partial charge in [0.2, 0.25) is 0 Å². The summed E-state index contributed by atoms with van der Waals surface area (Å²) in [6, 6.07) is 17.1. The molecule has 1 nitrogen and oxygen atoms in total. The van der Waals surface area contributed by atoms with Crippen molar-refractivity contribution in [3.63, 3.8) is 0 Å². The number of rotatable bonds is 5. The Bertz CT molecular complexity index is 570. The molecule has 0 saturated heterocycles. The molecule has 0 heterocycles. The van der Waals surface area contributed by atoms with Gasteiger partial charge in [0, 0.05) is 21.6 Å². The second kappa shape index (κ2) is 7.26. The zero-order chi connectivity index (χ0) is 14.5. The van der Waals surface area contributed by atoms with Gasteiger partial charge in [-0.1, -0.05) is 58.7 Å². The standard InChI is InChI=1S/C17H19BrClN/c1-3-17(14-7-4-8-15(18)10-14)20-12(2)13-6-5-9-16(19)11-13/h4-12,17,20H,3H2,1-2H3. The Balaban J connectivity index is 2.14. The van der Waals surface area contributed by atoms with Crippen molar-refractivity contribution in [2.75, 3.05) is 0 Å². The lowest BCUT2D eigenvalue weighted by atomic mass is 10.0. The molecule has 0 aliphatic carbocycles. The molecule has 1 N–H and O–H groups in total. The number of hydrogen-bond donors (Lipinski definition) is 1. The molecule has 2 rings (SSSR count). The summed E-state index contributed by atoms with van der Waals surface area (Å²) < 4.78 is 1.12. The summed E-state index contributed by atoms with van der Waals surface area (Å²) in [6.07, 6.45) is 1.04.